The number of rotatable bonds is 2. The van der Waals surface area contributed by atoms with Crippen LogP contribution in [0.5, 0.6) is 0 Å². The Morgan fingerprint density at radius 1 is 1.17 bits per heavy atom. The quantitative estimate of drug-likeness (QED) is 0.600. The molecule has 2 aliphatic heterocycles. The van der Waals surface area contributed by atoms with Crippen LogP contribution in [0.3, 0.4) is 0 Å². The van der Waals surface area contributed by atoms with Gasteiger partial charge in [-0.2, -0.15) is 4.98 Å². The lowest BCUT2D eigenvalue weighted by Gasteiger charge is -2.32. The van der Waals surface area contributed by atoms with Crippen molar-refractivity contribution in [3.63, 3.8) is 0 Å². The highest BCUT2D eigenvalue weighted by molar-refractivity contribution is 6.35. The maximum atomic E-state index is 12.7. The summed E-state index contributed by atoms with van der Waals surface area (Å²) >= 11 is 6.35. The van der Waals surface area contributed by atoms with Gasteiger partial charge in [-0.3, -0.25) is 9.36 Å². The molecule has 0 unspecified atom stereocenters. The highest BCUT2D eigenvalue weighted by Gasteiger charge is 2.39. The summed E-state index contributed by atoms with van der Waals surface area (Å²) < 4.78 is 2.08. The minimum atomic E-state index is -0.381. The second-order valence-electron chi connectivity index (χ2n) is 8.50. The van der Waals surface area contributed by atoms with Crippen LogP contribution in [0, 0.1) is 5.92 Å². The van der Waals surface area contributed by atoms with Crippen molar-refractivity contribution in [3.8, 4) is 5.69 Å². The van der Waals surface area contributed by atoms with E-state index in [-0.39, 0.29) is 16.9 Å². The van der Waals surface area contributed by atoms with E-state index in [1.54, 1.807) is 6.07 Å². The molecule has 0 saturated carbocycles. The molecule has 3 aromatic rings. The van der Waals surface area contributed by atoms with Gasteiger partial charge in [0.2, 0.25) is 0 Å². The molecule has 1 aromatic heterocycles. The molecule has 5 nitrogen and oxygen atoms in total. The van der Waals surface area contributed by atoms with Crippen molar-refractivity contribution in [3.05, 3.63) is 63.2 Å². The van der Waals surface area contributed by atoms with Gasteiger partial charge in [0.05, 0.1) is 27.0 Å². The van der Waals surface area contributed by atoms with Crippen LogP contribution in [-0.2, 0) is 10.2 Å². The minimum absolute atomic E-state index is 0.167. The summed E-state index contributed by atoms with van der Waals surface area (Å²) in [6.07, 6.45) is 2.85. The predicted molar refractivity (Wildman–Crippen MR) is 115 cm³/mol. The largest absolute Gasteiger partial charge is 0.371 e. The number of carbonyl (C=O) groups is 1. The van der Waals surface area contributed by atoms with Crippen molar-refractivity contribution in [2.24, 2.45) is 5.92 Å². The SMILES string of the molecule is CC1(C)c2ccc(N3CCC(C=O)CC3)cc2-n2c1nc(=O)c1c(Cl)cccc12. The van der Waals surface area contributed by atoms with Crippen LogP contribution >= 0.6 is 11.6 Å². The molecule has 6 heteroatoms. The van der Waals surface area contributed by atoms with Gasteiger partial charge in [0.1, 0.15) is 12.1 Å². The third kappa shape index (κ3) is 2.64. The van der Waals surface area contributed by atoms with E-state index in [2.05, 4.69) is 46.5 Å². The van der Waals surface area contributed by atoms with Crippen LogP contribution in [0.2, 0.25) is 5.02 Å². The Kier molecular flexibility index (Phi) is 4.07. The number of aldehydes is 1. The molecule has 5 rings (SSSR count). The molecule has 29 heavy (non-hydrogen) atoms. The van der Waals surface area contributed by atoms with Crippen molar-refractivity contribution in [1.82, 2.24) is 9.55 Å². The zero-order chi connectivity index (χ0) is 20.3. The lowest BCUT2D eigenvalue weighted by Crippen LogP contribution is -2.34. The van der Waals surface area contributed by atoms with Gasteiger partial charge in [0.25, 0.3) is 5.56 Å². The number of hydrogen-bond donors (Lipinski definition) is 0. The zero-order valence-electron chi connectivity index (χ0n) is 16.5. The van der Waals surface area contributed by atoms with Gasteiger partial charge in [-0.15, -0.1) is 0 Å². The first-order valence-corrected chi connectivity index (χ1v) is 10.4. The van der Waals surface area contributed by atoms with E-state index in [4.69, 9.17) is 11.6 Å². The lowest BCUT2D eigenvalue weighted by molar-refractivity contribution is -0.111. The summed E-state index contributed by atoms with van der Waals surface area (Å²) in [6.45, 7) is 5.94. The normalized spacial score (nSPS) is 18.0. The van der Waals surface area contributed by atoms with Gasteiger partial charge in [0.15, 0.2) is 0 Å². The average Bonchev–Trinajstić information content (AvgIpc) is 2.95. The Morgan fingerprint density at radius 3 is 2.66 bits per heavy atom. The number of fused-ring (bicyclic) bond motifs is 5. The van der Waals surface area contributed by atoms with Crippen LogP contribution < -0.4 is 10.5 Å². The molecule has 0 aliphatic carbocycles. The molecule has 148 valence electrons. The molecule has 0 bridgehead atoms. The molecule has 2 aliphatic rings. The maximum Gasteiger partial charge on any atom is 0.282 e. The van der Waals surface area contributed by atoms with Gasteiger partial charge in [-0.1, -0.05) is 23.7 Å². The fourth-order valence-electron chi connectivity index (χ4n) is 4.73. The molecule has 1 fully saturated rings. The van der Waals surface area contributed by atoms with Crippen LogP contribution in [0.1, 0.15) is 38.1 Å². The number of anilines is 1. The Bertz CT molecular complexity index is 1210. The summed E-state index contributed by atoms with van der Waals surface area (Å²) in [6, 6.07) is 12.0. The van der Waals surface area contributed by atoms with E-state index in [1.165, 1.54) is 0 Å². The number of hydrogen-bond acceptors (Lipinski definition) is 4. The van der Waals surface area contributed by atoms with Crippen molar-refractivity contribution in [2.75, 3.05) is 18.0 Å². The van der Waals surface area contributed by atoms with E-state index in [0.717, 1.165) is 60.5 Å². The highest BCUT2D eigenvalue weighted by Crippen LogP contribution is 2.44. The zero-order valence-corrected chi connectivity index (χ0v) is 17.2. The molecule has 0 radical (unpaired) electrons. The number of benzene rings is 2. The second kappa shape index (κ2) is 6.42. The predicted octanol–water partition coefficient (Wildman–Crippen LogP) is 4.09. The molecule has 3 heterocycles. The van der Waals surface area contributed by atoms with Crippen LogP contribution in [0.25, 0.3) is 16.6 Å². The Balaban J connectivity index is 1.71. The fourth-order valence-corrected chi connectivity index (χ4v) is 4.98. The number of carbonyl (C=O) groups excluding carboxylic acids is 1. The average molecular weight is 408 g/mol. The van der Waals surface area contributed by atoms with Gasteiger partial charge in [-0.05, 0) is 56.5 Å². The summed E-state index contributed by atoms with van der Waals surface area (Å²) in [5, 5.41) is 0.882. The van der Waals surface area contributed by atoms with Crippen LogP contribution in [0.4, 0.5) is 5.69 Å². The molecule has 0 spiro atoms. The second-order valence-corrected chi connectivity index (χ2v) is 8.90. The van der Waals surface area contributed by atoms with E-state index in [9.17, 15) is 9.59 Å². The molecule has 0 N–H and O–H groups in total. The van der Waals surface area contributed by atoms with E-state index < -0.39 is 0 Å². The molecular weight excluding hydrogens is 386 g/mol. The van der Waals surface area contributed by atoms with Crippen LogP contribution in [0.15, 0.2) is 41.2 Å². The van der Waals surface area contributed by atoms with Crippen molar-refractivity contribution in [1.29, 1.82) is 0 Å². The number of aromatic nitrogens is 2. The standard InChI is InChI=1S/C23H22ClN3O2/c1-23(2)16-7-6-15(26-10-8-14(13-28)9-11-26)12-19(16)27-18-5-3-4-17(24)20(18)21(29)25-22(23)27/h3-7,12-14H,8-11H2,1-2H3. The lowest BCUT2D eigenvalue weighted by atomic mass is 9.85. The van der Waals surface area contributed by atoms with E-state index in [1.807, 2.05) is 12.1 Å². The molecule has 0 amide bonds. The fraction of sp³-hybridized carbons (Fsp3) is 0.348. The Hall–Kier alpha value is -2.66. The minimum Gasteiger partial charge on any atom is -0.371 e. The third-order valence-corrected chi connectivity index (χ3v) is 6.73. The maximum absolute atomic E-state index is 12.7. The van der Waals surface area contributed by atoms with Gasteiger partial charge in [0, 0.05) is 24.7 Å². The monoisotopic (exact) mass is 407 g/mol. The van der Waals surface area contributed by atoms with Crippen molar-refractivity contribution < 1.29 is 4.79 Å². The van der Waals surface area contributed by atoms with Crippen LogP contribution in [-0.4, -0.2) is 28.9 Å². The molecular formula is C23H22ClN3O2. The summed E-state index contributed by atoms with van der Waals surface area (Å²) in [7, 11) is 0. The Labute approximate surface area is 173 Å². The molecule has 0 atom stereocenters. The third-order valence-electron chi connectivity index (χ3n) is 6.42. The highest BCUT2D eigenvalue weighted by atomic mass is 35.5. The van der Waals surface area contributed by atoms with Crippen molar-refractivity contribution >= 4 is 34.5 Å². The first kappa shape index (κ1) is 18.4. The topological polar surface area (TPSA) is 55.2 Å². The van der Waals surface area contributed by atoms with Gasteiger partial charge >= 0.3 is 0 Å². The summed E-state index contributed by atoms with van der Waals surface area (Å²) in [5.41, 5.74) is 3.44. The van der Waals surface area contributed by atoms with Gasteiger partial charge in [-0.25, -0.2) is 0 Å². The first-order chi connectivity index (χ1) is 13.9. The summed E-state index contributed by atoms with van der Waals surface area (Å²) in [4.78, 5) is 30.6. The van der Waals surface area contributed by atoms with Crippen molar-refractivity contribution in [2.45, 2.75) is 32.1 Å². The smallest absolute Gasteiger partial charge is 0.282 e. The molecule has 1 saturated heterocycles. The summed E-state index contributed by atoms with van der Waals surface area (Å²) in [5.74, 6) is 0.907. The Morgan fingerprint density at radius 2 is 1.93 bits per heavy atom. The number of halogens is 1. The van der Waals surface area contributed by atoms with Gasteiger partial charge < -0.3 is 9.69 Å². The number of nitrogens with zero attached hydrogens (tertiary/aromatic N) is 3. The number of piperidine rings is 1. The molecule has 2 aromatic carbocycles. The van der Waals surface area contributed by atoms with E-state index >= 15 is 0 Å². The van der Waals surface area contributed by atoms with E-state index in [0.29, 0.717) is 10.4 Å². The first-order valence-electron chi connectivity index (χ1n) is 9.98.